The first-order valence-corrected chi connectivity index (χ1v) is 19.2. The van der Waals surface area contributed by atoms with Crippen LogP contribution in [0.2, 0.25) is 5.02 Å². The van der Waals surface area contributed by atoms with Crippen LogP contribution in [0.25, 0.3) is 0 Å². The lowest BCUT2D eigenvalue weighted by molar-refractivity contribution is -0.136. The molecule has 15 nitrogen and oxygen atoms in total. The van der Waals surface area contributed by atoms with Gasteiger partial charge in [0.15, 0.2) is 5.82 Å². The van der Waals surface area contributed by atoms with E-state index >= 15 is 4.39 Å². The summed E-state index contributed by atoms with van der Waals surface area (Å²) >= 11 is 8.24. The van der Waals surface area contributed by atoms with Crippen LogP contribution in [0.15, 0.2) is 40.5 Å². The Morgan fingerprint density at radius 2 is 1.80 bits per heavy atom. The monoisotopic (exact) mass is 778 g/mol. The Hall–Kier alpha value is -4.42. The molecule has 5 N–H and O–H groups in total. The van der Waals surface area contributed by atoms with Crippen molar-refractivity contribution < 1.29 is 28.3 Å². The summed E-state index contributed by atoms with van der Waals surface area (Å²) in [5.74, 6) is -1.98. The average molecular weight is 779 g/mol. The minimum atomic E-state index is -1.16. The maximum Gasteiger partial charge on any atom is 0.265 e. The maximum atomic E-state index is 15.8. The van der Waals surface area contributed by atoms with Crippen LogP contribution >= 0.6 is 23.4 Å². The third-order valence-corrected chi connectivity index (χ3v) is 13.0. The van der Waals surface area contributed by atoms with E-state index in [0.717, 1.165) is 41.5 Å². The second-order valence-electron chi connectivity index (χ2n) is 14.5. The number of benzene rings is 1. The number of halogens is 2. The Bertz CT molecular complexity index is 2040. The highest BCUT2D eigenvalue weighted by molar-refractivity contribution is 7.99. The second kappa shape index (κ2) is 14.3. The summed E-state index contributed by atoms with van der Waals surface area (Å²) in [6, 6.07) is 3.61. The molecule has 3 aromatic rings. The largest absolute Gasteiger partial charge is 0.381 e. The zero-order valence-corrected chi connectivity index (χ0v) is 31.2. The fraction of sp³-hybridized carbons (Fsp3) is 0.472. The van der Waals surface area contributed by atoms with Crippen molar-refractivity contribution in [3.8, 4) is 0 Å². The number of nitrogens with zero attached hydrogens (tertiary/aromatic N) is 7. The molecule has 3 atom stereocenters. The van der Waals surface area contributed by atoms with Gasteiger partial charge in [-0.25, -0.2) is 19.3 Å². The van der Waals surface area contributed by atoms with Crippen LogP contribution in [-0.2, 0) is 20.9 Å². The Kier molecular flexibility index (Phi) is 9.71. The summed E-state index contributed by atoms with van der Waals surface area (Å²) in [6.45, 7) is 6.74. The number of hydrogen-bond acceptors (Lipinski definition) is 14. The van der Waals surface area contributed by atoms with Crippen LogP contribution in [0.3, 0.4) is 0 Å². The summed E-state index contributed by atoms with van der Waals surface area (Å²) < 4.78 is 21.7. The highest BCUT2D eigenvalue weighted by Crippen LogP contribution is 2.43. The Labute approximate surface area is 319 Å². The van der Waals surface area contributed by atoms with Crippen molar-refractivity contribution in [3.05, 3.63) is 58.1 Å². The Morgan fingerprint density at radius 3 is 2.48 bits per heavy atom. The van der Waals surface area contributed by atoms with Gasteiger partial charge in [-0.2, -0.15) is 0 Å². The minimum absolute atomic E-state index is 0.00262. The number of carbonyl (C=O) groups excluding carboxylic acids is 4. The number of fused-ring (bicyclic) bond motifs is 1. The maximum absolute atomic E-state index is 15.8. The van der Waals surface area contributed by atoms with Crippen molar-refractivity contribution in [3.63, 3.8) is 0 Å². The number of anilines is 3. The molecule has 1 unspecified atom stereocenters. The van der Waals surface area contributed by atoms with Crippen molar-refractivity contribution in [2.45, 2.75) is 67.3 Å². The van der Waals surface area contributed by atoms with Crippen LogP contribution in [0, 0.1) is 11.2 Å². The van der Waals surface area contributed by atoms with E-state index < -0.39 is 35.5 Å². The first kappa shape index (κ1) is 36.6. The van der Waals surface area contributed by atoms with Gasteiger partial charge in [0.2, 0.25) is 11.8 Å². The van der Waals surface area contributed by atoms with E-state index in [-0.39, 0.29) is 53.6 Å². The van der Waals surface area contributed by atoms with Gasteiger partial charge in [0, 0.05) is 80.3 Å². The van der Waals surface area contributed by atoms with Gasteiger partial charge < -0.3 is 26.0 Å². The highest BCUT2D eigenvalue weighted by Gasteiger charge is 2.48. The Balaban J connectivity index is 0.886. The predicted molar refractivity (Wildman–Crippen MR) is 198 cm³/mol. The van der Waals surface area contributed by atoms with Gasteiger partial charge in [-0.15, -0.1) is 0 Å². The molecule has 0 bridgehead atoms. The standard InChI is InChI=1S/C36H40ClFN10O5S/c1-19-29(39)36(18-53-19)7-10-46(11-8-36)24-16-42-33(30(40)43-24)54-23-6-9-41-31(27(23)37)47-14-12-45(13-15-47)17-20-2-3-21-26(28(20)38)35(52)48(34(21)51)22-4-5-25(49)44-32(22)50/h2-3,6,9,16,19,22,29H,4-5,7-8,10-15,17-18,39H2,1H3,(H2,40,43)(H,44,49,50)/t19-,22?,29+/m0/s1. The molecule has 0 radical (unpaired) electrons. The molecular weight excluding hydrogens is 739 g/mol. The molecular formula is C36H40ClFN10O5S. The highest BCUT2D eigenvalue weighted by atomic mass is 35.5. The molecule has 8 rings (SSSR count). The number of piperazine rings is 1. The third kappa shape index (κ3) is 6.44. The first-order chi connectivity index (χ1) is 25.9. The number of amides is 4. The van der Waals surface area contributed by atoms with Crippen molar-refractivity contribution in [1.29, 1.82) is 0 Å². The molecule has 4 saturated heterocycles. The molecule has 4 fully saturated rings. The number of pyridine rings is 1. The summed E-state index contributed by atoms with van der Waals surface area (Å²) in [7, 11) is 0. The average Bonchev–Trinajstić information content (AvgIpc) is 3.58. The zero-order valence-electron chi connectivity index (χ0n) is 29.6. The molecule has 1 spiro atoms. The normalized spacial score (nSPS) is 24.4. The third-order valence-electron chi connectivity index (χ3n) is 11.4. The van der Waals surface area contributed by atoms with E-state index in [4.69, 9.17) is 27.8 Å². The number of nitrogen functional groups attached to an aromatic ring is 1. The van der Waals surface area contributed by atoms with Gasteiger partial charge in [0.1, 0.15) is 28.5 Å². The van der Waals surface area contributed by atoms with Crippen molar-refractivity contribution in [2.24, 2.45) is 11.1 Å². The smallest absolute Gasteiger partial charge is 0.265 e. The predicted octanol–water partition coefficient (Wildman–Crippen LogP) is 2.45. The molecule has 4 amide bonds. The second-order valence-corrected chi connectivity index (χ2v) is 15.9. The molecule has 18 heteroatoms. The lowest BCUT2D eigenvalue weighted by Gasteiger charge is -2.41. The summed E-state index contributed by atoms with van der Waals surface area (Å²) in [5.41, 5.74) is 12.7. The fourth-order valence-electron chi connectivity index (χ4n) is 8.13. The van der Waals surface area contributed by atoms with Crippen LogP contribution < -0.4 is 26.6 Å². The van der Waals surface area contributed by atoms with Crippen molar-refractivity contribution >= 4 is 64.4 Å². The van der Waals surface area contributed by atoms with Gasteiger partial charge in [-0.3, -0.25) is 34.3 Å². The van der Waals surface area contributed by atoms with Gasteiger partial charge in [-0.05, 0) is 38.3 Å². The van der Waals surface area contributed by atoms with E-state index in [2.05, 4.69) is 30.1 Å². The lowest BCUT2D eigenvalue weighted by Crippen LogP contribution is -2.54. The number of rotatable bonds is 7. The fourth-order valence-corrected chi connectivity index (χ4v) is 9.25. The number of hydrogen-bond donors (Lipinski definition) is 3. The number of aromatic nitrogens is 3. The molecule has 284 valence electrons. The van der Waals surface area contributed by atoms with Gasteiger partial charge in [0.25, 0.3) is 11.8 Å². The van der Waals surface area contributed by atoms with E-state index in [1.165, 1.54) is 23.9 Å². The summed E-state index contributed by atoms with van der Waals surface area (Å²) in [4.78, 5) is 72.0. The van der Waals surface area contributed by atoms with E-state index in [9.17, 15) is 19.2 Å². The van der Waals surface area contributed by atoms with Crippen LogP contribution in [-0.4, -0.2) is 112 Å². The number of ether oxygens (including phenoxy) is 1. The molecule has 2 aromatic heterocycles. The molecule has 5 aliphatic rings. The molecule has 1 aromatic carbocycles. The quantitative estimate of drug-likeness (QED) is 0.296. The van der Waals surface area contributed by atoms with Gasteiger partial charge >= 0.3 is 0 Å². The van der Waals surface area contributed by atoms with E-state index in [0.29, 0.717) is 54.5 Å². The number of imide groups is 2. The summed E-state index contributed by atoms with van der Waals surface area (Å²) in [5, 5.41) is 3.14. The minimum Gasteiger partial charge on any atom is -0.381 e. The Morgan fingerprint density at radius 1 is 1.04 bits per heavy atom. The van der Waals surface area contributed by atoms with Gasteiger partial charge in [0.05, 0.1) is 35.1 Å². The van der Waals surface area contributed by atoms with Crippen molar-refractivity contribution in [2.75, 3.05) is 61.4 Å². The molecule has 54 heavy (non-hydrogen) atoms. The topological polar surface area (TPSA) is 193 Å². The van der Waals surface area contributed by atoms with E-state index in [1.807, 2.05) is 17.9 Å². The number of nitrogens with one attached hydrogen (secondary N) is 1. The van der Waals surface area contributed by atoms with E-state index in [1.54, 1.807) is 12.4 Å². The lowest BCUT2D eigenvalue weighted by atomic mass is 9.73. The molecule has 0 aliphatic carbocycles. The molecule has 0 saturated carbocycles. The van der Waals surface area contributed by atoms with Gasteiger partial charge in [-0.1, -0.05) is 29.4 Å². The number of carbonyl (C=O) groups is 4. The van der Waals surface area contributed by atoms with Crippen LogP contribution in [0.4, 0.5) is 21.8 Å². The number of nitrogens with two attached hydrogens (primary N) is 2. The number of piperidine rings is 2. The van der Waals surface area contributed by atoms with Crippen molar-refractivity contribution in [1.82, 2.24) is 30.1 Å². The zero-order chi connectivity index (χ0) is 37.9. The first-order valence-electron chi connectivity index (χ1n) is 18.0. The summed E-state index contributed by atoms with van der Waals surface area (Å²) in [6.07, 6.45) is 5.31. The molecule has 5 aliphatic heterocycles. The van der Waals surface area contributed by atoms with Crippen LogP contribution in [0.5, 0.6) is 0 Å². The SMILES string of the molecule is C[C@@H]1OCC2(CCN(c3cnc(Sc4ccnc(N5CCN(Cc6ccc7c(c6F)C(=O)N(C6CCC(=O)NC6=O)C7=O)CC5)c4Cl)c(N)n3)CC2)[C@@H]1N. The van der Waals surface area contributed by atoms with Crippen LogP contribution in [0.1, 0.15) is 58.9 Å². The molecule has 7 heterocycles.